The number of Topliss-reactive ketones (excluding diaryl/α,β-unsaturated/α-hetero) is 1. The molecule has 18 heavy (non-hydrogen) atoms. The normalized spacial score (nSPS) is 15.3. The second-order valence-corrected chi connectivity index (χ2v) is 6.81. The molecular weight excluding hydrogens is 349 g/mol. The summed E-state index contributed by atoms with van der Waals surface area (Å²) in [5.41, 5.74) is -4.38. The molecule has 0 radical (unpaired) electrons. The van der Waals surface area contributed by atoms with Crippen LogP contribution in [0, 0.1) is 0 Å². The first-order valence-electron chi connectivity index (χ1n) is 5.08. The van der Waals surface area contributed by atoms with Gasteiger partial charge in [0.1, 0.15) is 0 Å². The van der Waals surface area contributed by atoms with Gasteiger partial charge in [0.25, 0.3) is 0 Å². The predicted octanol–water partition coefficient (Wildman–Crippen LogP) is 3.64. The number of halogens is 4. The molecule has 0 bridgehead atoms. The topological polar surface area (TPSA) is 17.1 Å². The number of carbonyl (C=O) groups is 1. The lowest BCUT2D eigenvalue weighted by Gasteiger charge is -2.06. The molecule has 1 aromatic heterocycles. The molecule has 0 N–H and O–H groups in total. The largest absolute Gasteiger partial charge is 0.446 e. The third-order valence-electron chi connectivity index (χ3n) is 2.40. The van der Waals surface area contributed by atoms with Gasteiger partial charge >= 0.3 is 5.51 Å². The van der Waals surface area contributed by atoms with Crippen molar-refractivity contribution in [2.45, 2.75) is 30.2 Å². The van der Waals surface area contributed by atoms with Gasteiger partial charge in [-0.1, -0.05) is 22.0 Å². The van der Waals surface area contributed by atoms with Crippen LogP contribution in [0.25, 0.3) is 10.6 Å². The molecular formula is C11H8BrF3OS2. The zero-order chi connectivity index (χ0) is 13.5. The number of hydrogen-bond donors (Lipinski definition) is 0. The van der Waals surface area contributed by atoms with Crippen molar-refractivity contribution in [2.24, 2.45) is 0 Å². The highest BCUT2D eigenvalue weighted by Gasteiger charge is 2.33. The van der Waals surface area contributed by atoms with Gasteiger partial charge in [-0.15, -0.1) is 11.3 Å². The van der Waals surface area contributed by atoms with Crippen molar-refractivity contribution in [1.29, 1.82) is 0 Å². The van der Waals surface area contributed by atoms with Crippen LogP contribution in [0.5, 0.6) is 0 Å². The lowest BCUT2D eigenvalue weighted by molar-refractivity contribution is -0.0328. The van der Waals surface area contributed by atoms with Crippen molar-refractivity contribution in [2.75, 3.05) is 0 Å². The number of thiophene rings is 1. The van der Waals surface area contributed by atoms with Gasteiger partial charge in [0, 0.05) is 19.1 Å². The Balaban J connectivity index is 2.71. The molecule has 2 rings (SSSR count). The molecule has 0 amide bonds. The highest BCUT2D eigenvalue weighted by Crippen LogP contribution is 2.38. The summed E-state index contributed by atoms with van der Waals surface area (Å²) in [6, 6.07) is 0. The molecule has 0 aromatic carbocycles. The number of rotatable bonds is 2. The van der Waals surface area contributed by atoms with Gasteiger partial charge in [-0.3, -0.25) is 4.79 Å². The second-order valence-electron chi connectivity index (χ2n) is 3.75. The average Bonchev–Trinajstić information content (AvgIpc) is 2.57. The summed E-state index contributed by atoms with van der Waals surface area (Å²) in [5.74, 6) is -0.324. The Bertz CT molecular complexity index is 615. The molecule has 1 nitrogen and oxygen atoms in total. The van der Waals surface area contributed by atoms with E-state index in [4.69, 9.17) is 0 Å². The van der Waals surface area contributed by atoms with E-state index in [0.717, 1.165) is 26.8 Å². The van der Waals surface area contributed by atoms with E-state index in [0.29, 0.717) is 11.6 Å². The SMILES string of the molecule is CC(=O)c1sc2c(c1SC(F)(F)F)=CCCC=2Br. The molecule has 0 saturated heterocycles. The quantitative estimate of drug-likeness (QED) is 0.594. The molecule has 0 saturated carbocycles. The van der Waals surface area contributed by atoms with E-state index < -0.39 is 5.51 Å². The van der Waals surface area contributed by atoms with Crippen LogP contribution in [0.3, 0.4) is 0 Å². The Labute approximate surface area is 118 Å². The van der Waals surface area contributed by atoms with Gasteiger partial charge in [-0.05, 0) is 31.5 Å². The zero-order valence-electron chi connectivity index (χ0n) is 9.23. The molecule has 1 heterocycles. The Morgan fingerprint density at radius 2 is 2.17 bits per heavy atom. The maximum atomic E-state index is 12.6. The van der Waals surface area contributed by atoms with E-state index in [1.807, 2.05) is 0 Å². The Morgan fingerprint density at radius 3 is 2.72 bits per heavy atom. The summed E-state index contributed by atoms with van der Waals surface area (Å²) in [6.07, 6.45) is 3.23. The number of thioether (sulfide) groups is 1. The Hall–Kier alpha value is -0.270. The smallest absolute Gasteiger partial charge is 0.294 e. The lowest BCUT2D eigenvalue weighted by atomic mass is 10.2. The lowest BCUT2D eigenvalue weighted by Crippen LogP contribution is -2.25. The van der Waals surface area contributed by atoms with Crippen molar-refractivity contribution in [3.05, 3.63) is 14.6 Å². The van der Waals surface area contributed by atoms with Crippen LogP contribution in [0.1, 0.15) is 29.4 Å². The summed E-state index contributed by atoms with van der Waals surface area (Å²) >= 11 is 4.31. The number of alkyl halides is 3. The summed E-state index contributed by atoms with van der Waals surface area (Å²) in [4.78, 5) is 11.7. The van der Waals surface area contributed by atoms with E-state index >= 15 is 0 Å². The molecule has 0 spiro atoms. The first-order chi connectivity index (χ1) is 8.29. The van der Waals surface area contributed by atoms with Gasteiger partial charge in [0.15, 0.2) is 5.78 Å². The van der Waals surface area contributed by atoms with Gasteiger partial charge in [0.2, 0.25) is 0 Å². The van der Waals surface area contributed by atoms with Crippen molar-refractivity contribution < 1.29 is 18.0 Å². The van der Waals surface area contributed by atoms with Crippen LogP contribution in [0.4, 0.5) is 13.2 Å². The maximum absolute atomic E-state index is 12.6. The molecule has 0 aliphatic heterocycles. The molecule has 7 heteroatoms. The number of ketones is 1. The molecule has 1 aliphatic rings. The Kier molecular flexibility index (Phi) is 3.94. The summed E-state index contributed by atoms with van der Waals surface area (Å²) < 4.78 is 39.3. The van der Waals surface area contributed by atoms with Crippen LogP contribution >= 0.6 is 39.0 Å². The first kappa shape index (κ1) is 14.1. The van der Waals surface area contributed by atoms with Crippen molar-refractivity contribution >= 4 is 55.4 Å². The zero-order valence-corrected chi connectivity index (χ0v) is 12.4. The third-order valence-corrected chi connectivity index (χ3v) is 5.81. The van der Waals surface area contributed by atoms with E-state index in [-0.39, 0.29) is 27.3 Å². The van der Waals surface area contributed by atoms with Crippen molar-refractivity contribution in [1.82, 2.24) is 0 Å². The standard InChI is InChI=1S/C11H8BrF3OS2/c1-5(16)8-10(18-11(13,14)15)6-3-2-4-7(12)9(6)17-8/h3H,2,4H2,1H3. The highest BCUT2D eigenvalue weighted by molar-refractivity contribution is 9.14. The molecule has 98 valence electrons. The summed E-state index contributed by atoms with van der Waals surface area (Å²) in [5, 5.41) is 0.547. The van der Waals surface area contributed by atoms with Crippen LogP contribution in [0.15, 0.2) is 4.90 Å². The average molecular weight is 357 g/mol. The molecule has 1 aliphatic carbocycles. The summed E-state index contributed by atoms with van der Waals surface area (Å²) in [7, 11) is 0. The van der Waals surface area contributed by atoms with E-state index in [1.165, 1.54) is 6.92 Å². The number of fused-ring (bicyclic) bond motifs is 1. The number of hydrogen-bond acceptors (Lipinski definition) is 3. The van der Waals surface area contributed by atoms with Gasteiger partial charge in [0.05, 0.1) is 4.88 Å². The van der Waals surface area contributed by atoms with Crippen LogP contribution < -0.4 is 9.75 Å². The third kappa shape index (κ3) is 2.83. The Morgan fingerprint density at radius 1 is 1.50 bits per heavy atom. The highest BCUT2D eigenvalue weighted by atomic mass is 79.9. The molecule has 1 aromatic rings. The fraction of sp³-hybridized carbons (Fsp3) is 0.364. The van der Waals surface area contributed by atoms with Crippen LogP contribution in [-0.2, 0) is 0 Å². The second kappa shape index (κ2) is 5.02. The van der Waals surface area contributed by atoms with Gasteiger partial charge in [-0.25, -0.2) is 0 Å². The van der Waals surface area contributed by atoms with Crippen molar-refractivity contribution in [3.8, 4) is 0 Å². The van der Waals surface area contributed by atoms with Crippen LogP contribution in [0.2, 0.25) is 0 Å². The molecule has 0 atom stereocenters. The molecule has 0 unspecified atom stereocenters. The van der Waals surface area contributed by atoms with E-state index in [2.05, 4.69) is 15.9 Å². The number of carbonyl (C=O) groups excluding carboxylic acids is 1. The fourth-order valence-electron chi connectivity index (χ4n) is 1.72. The van der Waals surface area contributed by atoms with E-state index in [9.17, 15) is 18.0 Å². The minimum absolute atomic E-state index is 0.0478. The fourth-order valence-corrected chi connectivity index (χ4v) is 4.54. The van der Waals surface area contributed by atoms with E-state index in [1.54, 1.807) is 6.08 Å². The monoisotopic (exact) mass is 356 g/mol. The van der Waals surface area contributed by atoms with Crippen LogP contribution in [-0.4, -0.2) is 11.3 Å². The first-order valence-corrected chi connectivity index (χ1v) is 7.50. The molecule has 0 fully saturated rings. The summed E-state index contributed by atoms with van der Waals surface area (Å²) in [6.45, 7) is 1.30. The minimum Gasteiger partial charge on any atom is -0.294 e. The minimum atomic E-state index is -4.38. The maximum Gasteiger partial charge on any atom is 0.446 e. The van der Waals surface area contributed by atoms with Gasteiger partial charge in [-0.2, -0.15) is 13.2 Å². The van der Waals surface area contributed by atoms with Crippen molar-refractivity contribution in [3.63, 3.8) is 0 Å². The van der Waals surface area contributed by atoms with Gasteiger partial charge < -0.3 is 0 Å². The predicted molar refractivity (Wildman–Crippen MR) is 71.5 cm³/mol.